The zero-order valence-corrected chi connectivity index (χ0v) is 19.1. The smallest absolute Gasteiger partial charge is 0.412 e. The number of rotatable bonds is 9. The van der Waals surface area contributed by atoms with Crippen molar-refractivity contribution in [3.05, 3.63) is 29.8 Å². The molecule has 168 valence electrons. The summed E-state index contributed by atoms with van der Waals surface area (Å²) in [6, 6.07) is 7.78. The van der Waals surface area contributed by atoms with E-state index in [1.165, 1.54) is 0 Å². The minimum absolute atomic E-state index is 0.00433. The molecule has 0 saturated carbocycles. The summed E-state index contributed by atoms with van der Waals surface area (Å²) in [4.78, 5) is 28.0. The van der Waals surface area contributed by atoms with Gasteiger partial charge in [0.2, 0.25) is 5.91 Å². The molecule has 0 aliphatic carbocycles. The van der Waals surface area contributed by atoms with Crippen LogP contribution in [0.5, 0.6) is 0 Å². The number of carbonyl (C=O) groups is 2. The maximum Gasteiger partial charge on any atom is 0.412 e. The number of anilines is 1. The van der Waals surface area contributed by atoms with E-state index in [0.29, 0.717) is 31.2 Å². The summed E-state index contributed by atoms with van der Waals surface area (Å²) < 4.78 is 5.25. The van der Waals surface area contributed by atoms with Crippen LogP contribution < -0.4 is 21.3 Å². The number of nitrogens with one attached hydrogen (secondary N) is 4. The molecule has 0 spiro atoms. The topological polar surface area (TPSA) is 104 Å². The van der Waals surface area contributed by atoms with Crippen LogP contribution in [0.4, 0.5) is 10.5 Å². The first kappa shape index (κ1) is 25.3. The van der Waals surface area contributed by atoms with E-state index in [9.17, 15) is 9.59 Å². The maximum absolute atomic E-state index is 11.8. The van der Waals surface area contributed by atoms with Crippen molar-refractivity contribution in [2.24, 2.45) is 4.99 Å². The molecular weight excluding hydrogens is 382 g/mol. The number of nitrogens with zero attached hydrogens (tertiary/aromatic N) is 1. The second kappa shape index (κ2) is 12.7. The third kappa shape index (κ3) is 11.9. The molecule has 0 aliphatic heterocycles. The zero-order chi connectivity index (χ0) is 22.6. The monoisotopic (exact) mass is 419 g/mol. The molecule has 1 rings (SSSR count). The molecule has 8 nitrogen and oxygen atoms in total. The number of hydrogen-bond acceptors (Lipinski definition) is 4. The van der Waals surface area contributed by atoms with Gasteiger partial charge >= 0.3 is 6.09 Å². The van der Waals surface area contributed by atoms with E-state index in [1.807, 2.05) is 65.8 Å². The van der Waals surface area contributed by atoms with Gasteiger partial charge in [0.15, 0.2) is 5.96 Å². The zero-order valence-electron chi connectivity index (χ0n) is 19.1. The van der Waals surface area contributed by atoms with Crippen LogP contribution in [0.25, 0.3) is 0 Å². The SMILES string of the molecule is CCNC(=NCCC(=O)NC(C)C)NCCc1ccc(NC(=O)OC(C)(C)C)cc1. The van der Waals surface area contributed by atoms with Crippen molar-refractivity contribution in [1.82, 2.24) is 16.0 Å². The molecule has 0 heterocycles. The minimum atomic E-state index is -0.528. The second-order valence-corrected chi connectivity index (χ2v) is 8.23. The summed E-state index contributed by atoms with van der Waals surface area (Å²) in [6.07, 6.45) is 0.691. The third-order valence-corrected chi connectivity index (χ3v) is 3.71. The van der Waals surface area contributed by atoms with E-state index in [2.05, 4.69) is 26.3 Å². The Morgan fingerprint density at radius 2 is 1.77 bits per heavy atom. The van der Waals surface area contributed by atoms with Gasteiger partial charge in [0.25, 0.3) is 0 Å². The minimum Gasteiger partial charge on any atom is -0.444 e. The number of carbonyl (C=O) groups excluding carboxylic acids is 2. The molecule has 0 aromatic heterocycles. The Kier molecular flexibility index (Phi) is 10.7. The Balaban J connectivity index is 2.44. The van der Waals surface area contributed by atoms with Crippen molar-refractivity contribution >= 4 is 23.6 Å². The van der Waals surface area contributed by atoms with E-state index < -0.39 is 11.7 Å². The van der Waals surface area contributed by atoms with Gasteiger partial charge in [-0.2, -0.15) is 0 Å². The van der Waals surface area contributed by atoms with Crippen LogP contribution in [-0.4, -0.2) is 49.2 Å². The highest BCUT2D eigenvalue weighted by Gasteiger charge is 2.16. The van der Waals surface area contributed by atoms with Crippen LogP contribution in [0.15, 0.2) is 29.3 Å². The molecule has 1 aromatic carbocycles. The van der Waals surface area contributed by atoms with Gasteiger partial charge in [0.05, 0.1) is 6.54 Å². The molecule has 0 radical (unpaired) electrons. The van der Waals surface area contributed by atoms with Crippen LogP contribution in [0.3, 0.4) is 0 Å². The predicted octanol–water partition coefficient (Wildman–Crippen LogP) is 3.05. The van der Waals surface area contributed by atoms with Gasteiger partial charge in [0.1, 0.15) is 5.60 Å². The molecule has 0 fully saturated rings. The van der Waals surface area contributed by atoms with E-state index in [1.54, 1.807) is 0 Å². The Morgan fingerprint density at radius 1 is 1.10 bits per heavy atom. The fourth-order valence-corrected chi connectivity index (χ4v) is 2.51. The Morgan fingerprint density at radius 3 is 2.33 bits per heavy atom. The molecule has 0 saturated heterocycles. The molecule has 0 bridgehead atoms. The van der Waals surface area contributed by atoms with Gasteiger partial charge in [-0.25, -0.2) is 4.79 Å². The van der Waals surface area contributed by atoms with Crippen molar-refractivity contribution < 1.29 is 14.3 Å². The van der Waals surface area contributed by atoms with Gasteiger partial charge in [-0.05, 0) is 65.7 Å². The van der Waals surface area contributed by atoms with Crippen molar-refractivity contribution in [3.8, 4) is 0 Å². The number of guanidine groups is 1. The Labute approximate surface area is 180 Å². The molecule has 30 heavy (non-hydrogen) atoms. The van der Waals surface area contributed by atoms with Crippen LogP contribution in [0.1, 0.15) is 53.5 Å². The summed E-state index contributed by atoms with van der Waals surface area (Å²) in [7, 11) is 0. The van der Waals surface area contributed by atoms with Gasteiger partial charge in [-0.1, -0.05) is 12.1 Å². The Bertz CT molecular complexity index is 694. The average molecular weight is 420 g/mol. The van der Waals surface area contributed by atoms with E-state index >= 15 is 0 Å². The summed E-state index contributed by atoms with van der Waals surface area (Å²) in [5, 5.41) is 12.0. The quantitative estimate of drug-likeness (QED) is 0.364. The van der Waals surface area contributed by atoms with E-state index in [0.717, 1.165) is 18.5 Å². The fraction of sp³-hybridized carbons (Fsp3) is 0.591. The van der Waals surface area contributed by atoms with Crippen LogP contribution in [0, 0.1) is 0 Å². The highest BCUT2D eigenvalue weighted by Crippen LogP contribution is 2.13. The van der Waals surface area contributed by atoms with Crippen molar-refractivity contribution in [2.45, 2.75) is 66.0 Å². The van der Waals surface area contributed by atoms with E-state index in [-0.39, 0.29) is 11.9 Å². The average Bonchev–Trinajstić information content (AvgIpc) is 2.61. The lowest BCUT2D eigenvalue weighted by Gasteiger charge is -2.19. The van der Waals surface area contributed by atoms with Crippen LogP contribution in [0.2, 0.25) is 0 Å². The largest absolute Gasteiger partial charge is 0.444 e. The number of aliphatic imine (C=N–C) groups is 1. The van der Waals surface area contributed by atoms with E-state index in [4.69, 9.17) is 4.74 Å². The molecular formula is C22H37N5O3. The lowest BCUT2D eigenvalue weighted by atomic mass is 10.1. The van der Waals surface area contributed by atoms with Gasteiger partial charge in [-0.3, -0.25) is 15.1 Å². The number of amides is 2. The van der Waals surface area contributed by atoms with Gasteiger partial charge in [0, 0.05) is 31.2 Å². The molecule has 0 aliphatic rings. The molecule has 0 unspecified atom stereocenters. The summed E-state index contributed by atoms with van der Waals surface area (Å²) in [6.45, 7) is 13.2. The fourth-order valence-electron chi connectivity index (χ4n) is 2.51. The predicted molar refractivity (Wildman–Crippen MR) is 122 cm³/mol. The summed E-state index contributed by atoms with van der Waals surface area (Å²) in [5.74, 6) is 0.697. The molecule has 8 heteroatoms. The van der Waals surface area contributed by atoms with Gasteiger partial charge < -0.3 is 20.7 Å². The Hall–Kier alpha value is -2.77. The van der Waals surface area contributed by atoms with Crippen molar-refractivity contribution in [3.63, 3.8) is 0 Å². The second-order valence-electron chi connectivity index (χ2n) is 8.23. The third-order valence-electron chi connectivity index (χ3n) is 3.71. The standard InChI is InChI=1S/C22H37N5O3/c1-7-23-20(25-15-13-19(28)26-16(2)3)24-14-12-17-8-10-18(11-9-17)27-21(29)30-22(4,5)6/h8-11,16H,7,12-15H2,1-6H3,(H,26,28)(H,27,29)(H2,23,24,25). The first-order chi connectivity index (χ1) is 14.1. The van der Waals surface area contributed by atoms with Crippen molar-refractivity contribution in [1.29, 1.82) is 0 Å². The van der Waals surface area contributed by atoms with Crippen molar-refractivity contribution in [2.75, 3.05) is 25.0 Å². The first-order valence-electron chi connectivity index (χ1n) is 10.5. The highest BCUT2D eigenvalue weighted by atomic mass is 16.6. The normalized spacial score (nSPS) is 11.8. The lowest BCUT2D eigenvalue weighted by molar-refractivity contribution is -0.121. The number of ether oxygens (including phenoxy) is 1. The number of hydrogen-bond donors (Lipinski definition) is 4. The molecule has 2 amide bonds. The van der Waals surface area contributed by atoms with Gasteiger partial charge in [-0.15, -0.1) is 0 Å². The maximum atomic E-state index is 11.8. The number of benzene rings is 1. The lowest BCUT2D eigenvalue weighted by Crippen LogP contribution is -2.38. The summed E-state index contributed by atoms with van der Waals surface area (Å²) >= 11 is 0. The molecule has 1 aromatic rings. The first-order valence-corrected chi connectivity index (χ1v) is 10.5. The molecule has 0 atom stereocenters. The summed E-state index contributed by atoms with van der Waals surface area (Å²) in [5.41, 5.74) is 1.29. The molecule has 4 N–H and O–H groups in total. The van der Waals surface area contributed by atoms with Crippen LogP contribution >= 0.6 is 0 Å². The highest BCUT2D eigenvalue weighted by molar-refractivity contribution is 5.84. The van der Waals surface area contributed by atoms with Crippen LogP contribution in [-0.2, 0) is 16.0 Å².